The first-order valence-corrected chi connectivity index (χ1v) is 9.21. The van der Waals surface area contributed by atoms with Crippen LogP contribution in [0.15, 0.2) is 35.1 Å². The van der Waals surface area contributed by atoms with Crippen LogP contribution in [0.3, 0.4) is 0 Å². The van der Waals surface area contributed by atoms with Crippen molar-refractivity contribution in [2.24, 2.45) is 0 Å². The molecule has 1 amide bonds. The molecule has 2 aromatic heterocycles. The zero-order valence-corrected chi connectivity index (χ0v) is 15.7. The lowest BCUT2D eigenvalue weighted by atomic mass is 10.1. The maximum Gasteiger partial charge on any atom is 0.266 e. The van der Waals surface area contributed by atoms with Crippen LogP contribution < -0.4 is 10.9 Å². The van der Waals surface area contributed by atoms with Gasteiger partial charge in [0.15, 0.2) is 0 Å². The Labute approximate surface area is 154 Å². The van der Waals surface area contributed by atoms with Crippen molar-refractivity contribution in [2.45, 2.75) is 33.2 Å². The van der Waals surface area contributed by atoms with Crippen molar-refractivity contribution < 1.29 is 9.18 Å². The van der Waals surface area contributed by atoms with E-state index in [1.54, 1.807) is 19.1 Å². The number of hydrogen-bond donors (Lipinski definition) is 1. The van der Waals surface area contributed by atoms with Gasteiger partial charge in [-0.05, 0) is 24.6 Å². The van der Waals surface area contributed by atoms with E-state index in [0.717, 1.165) is 0 Å². The van der Waals surface area contributed by atoms with E-state index in [1.165, 1.54) is 15.9 Å². The number of amides is 1. The molecule has 3 rings (SSSR count). The van der Waals surface area contributed by atoms with Gasteiger partial charge in [-0.15, -0.1) is 11.3 Å². The summed E-state index contributed by atoms with van der Waals surface area (Å²) < 4.78 is 14.3. The Kier molecular flexibility index (Phi) is 5.18. The molecule has 7 heteroatoms. The molecule has 0 saturated heterocycles. The molecule has 0 fully saturated rings. The monoisotopic (exact) mass is 373 g/mol. The molecule has 0 spiro atoms. The second-order valence-electron chi connectivity index (χ2n) is 6.33. The maximum absolute atomic E-state index is 12.9. The fourth-order valence-electron chi connectivity index (χ4n) is 2.90. The van der Waals surface area contributed by atoms with Crippen molar-refractivity contribution in [1.29, 1.82) is 0 Å². The summed E-state index contributed by atoms with van der Waals surface area (Å²) >= 11 is 1.19. The molecular formula is C19H20FN3O2S. The Morgan fingerprint density at radius 1 is 1.31 bits per heavy atom. The Balaban J connectivity index is 2.11. The second kappa shape index (κ2) is 7.37. The average Bonchev–Trinajstić information content (AvgIpc) is 2.95. The highest BCUT2D eigenvalue weighted by Crippen LogP contribution is 2.29. The molecule has 5 nitrogen and oxygen atoms in total. The third-order valence-electron chi connectivity index (χ3n) is 4.14. The molecule has 1 N–H and O–H groups in total. The number of hydrogen-bond acceptors (Lipinski definition) is 4. The van der Waals surface area contributed by atoms with Crippen LogP contribution in [0.4, 0.5) is 10.1 Å². The highest BCUT2D eigenvalue weighted by Gasteiger charge is 2.22. The number of benzene rings is 1. The number of nitrogens with zero attached hydrogens (tertiary/aromatic N) is 2. The number of para-hydroxylation sites is 1. The smallest absolute Gasteiger partial charge is 0.266 e. The molecule has 0 aliphatic rings. The highest BCUT2D eigenvalue weighted by atomic mass is 32.1. The Bertz CT molecular complexity index is 1010. The summed E-state index contributed by atoms with van der Waals surface area (Å²) in [5.74, 6) is 0.235. The predicted octanol–water partition coefficient (Wildman–Crippen LogP) is 4.11. The lowest BCUT2D eigenvalue weighted by molar-refractivity contribution is 0.103. The SMILES string of the molecule is Cc1c(C(=O)Nc2ccccc2)sc2nc(C(C)C)n(CCF)c(=O)c12. The fourth-order valence-corrected chi connectivity index (χ4v) is 3.97. The summed E-state index contributed by atoms with van der Waals surface area (Å²) in [6, 6.07) is 9.12. The van der Waals surface area contributed by atoms with E-state index in [-0.39, 0.29) is 23.9 Å². The van der Waals surface area contributed by atoms with Gasteiger partial charge in [0.25, 0.3) is 11.5 Å². The zero-order valence-electron chi connectivity index (χ0n) is 14.9. The van der Waals surface area contributed by atoms with Crippen LogP contribution in [0.2, 0.25) is 0 Å². The molecule has 3 aromatic rings. The summed E-state index contributed by atoms with van der Waals surface area (Å²) in [5.41, 5.74) is 0.975. The van der Waals surface area contributed by atoms with Crippen molar-refractivity contribution in [3.8, 4) is 0 Å². The van der Waals surface area contributed by atoms with E-state index < -0.39 is 6.67 Å². The summed E-state index contributed by atoms with van der Waals surface area (Å²) in [6.45, 7) is 4.88. The van der Waals surface area contributed by atoms with Crippen molar-refractivity contribution >= 4 is 33.1 Å². The minimum absolute atomic E-state index is 0.0253. The molecule has 0 radical (unpaired) electrons. The summed E-state index contributed by atoms with van der Waals surface area (Å²) in [6.07, 6.45) is 0. The molecule has 0 aliphatic carbocycles. The van der Waals surface area contributed by atoms with E-state index in [9.17, 15) is 14.0 Å². The van der Waals surface area contributed by atoms with Gasteiger partial charge in [0, 0.05) is 11.6 Å². The largest absolute Gasteiger partial charge is 0.321 e. The number of alkyl halides is 1. The molecule has 2 heterocycles. The van der Waals surface area contributed by atoms with Gasteiger partial charge in [-0.1, -0.05) is 32.0 Å². The van der Waals surface area contributed by atoms with Crippen LogP contribution in [0.25, 0.3) is 10.2 Å². The van der Waals surface area contributed by atoms with Gasteiger partial charge in [-0.25, -0.2) is 9.37 Å². The van der Waals surface area contributed by atoms with Crippen LogP contribution in [0, 0.1) is 6.92 Å². The highest BCUT2D eigenvalue weighted by molar-refractivity contribution is 7.20. The predicted molar refractivity (Wildman–Crippen MR) is 103 cm³/mol. The Morgan fingerprint density at radius 3 is 2.62 bits per heavy atom. The van der Waals surface area contributed by atoms with E-state index in [0.29, 0.717) is 32.2 Å². The molecule has 0 unspecified atom stereocenters. The van der Waals surface area contributed by atoms with Gasteiger partial charge in [0.2, 0.25) is 0 Å². The number of aromatic nitrogens is 2. The fraction of sp³-hybridized carbons (Fsp3) is 0.316. The van der Waals surface area contributed by atoms with Crippen LogP contribution >= 0.6 is 11.3 Å². The van der Waals surface area contributed by atoms with Crippen molar-refractivity contribution in [2.75, 3.05) is 12.0 Å². The minimum Gasteiger partial charge on any atom is -0.321 e. The third-order valence-corrected chi connectivity index (χ3v) is 5.33. The first-order valence-electron chi connectivity index (χ1n) is 8.40. The number of fused-ring (bicyclic) bond motifs is 1. The van der Waals surface area contributed by atoms with Gasteiger partial charge in [0.1, 0.15) is 17.3 Å². The number of thiophene rings is 1. The molecular weight excluding hydrogens is 353 g/mol. The first-order chi connectivity index (χ1) is 12.4. The van der Waals surface area contributed by atoms with Gasteiger partial charge in [-0.2, -0.15) is 0 Å². The van der Waals surface area contributed by atoms with Crippen LogP contribution in [-0.2, 0) is 6.54 Å². The molecule has 136 valence electrons. The summed E-state index contributed by atoms with van der Waals surface area (Å²) in [4.78, 5) is 31.1. The zero-order chi connectivity index (χ0) is 18.8. The topological polar surface area (TPSA) is 64.0 Å². The number of aryl methyl sites for hydroxylation is 1. The van der Waals surface area contributed by atoms with E-state index in [1.807, 2.05) is 32.0 Å². The molecule has 26 heavy (non-hydrogen) atoms. The molecule has 0 atom stereocenters. The standard InChI is InChI=1S/C19H20FN3O2S/c1-11(2)16-22-18-14(19(25)23(16)10-9-20)12(3)15(26-18)17(24)21-13-7-5-4-6-8-13/h4-8,11H,9-10H2,1-3H3,(H,21,24). The third kappa shape index (κ3) is 3.26. The number of rotatable bonds is 5. The van der Waals surface area contributed by atoms with E-state index >= 15 is 0 Å². The van der Waals surface area contributed by atoms with Crippen molar-refractivity contribution in [3.63, 3.8) is 0 Å². The Hall–Kier alpha value is -2.54. The van der Waals surface area contributed by atoms with Crippen LogP contribution in [0.5, 0.6) is 0 Å². The number of anilines is 1. The summed E-state index contributed by atoms with van der Waals surface area (Å²) in [5, 5.41) is 3.23. The minimum atomic E-state index is -0.642. The lowest BCUT2D eigenvalue weighted by Crippen LogP contribution is -2.26. The maximum atomic E-state index is 12.9. The van der Waals surface area contributed by atoms with Crippen molar-refractivity contribution in [1.82, 2.24) is 9.55 Å². The van der Waals surface area contributed by atoms with Gasteiger partial charge in [-0.3, -0.25) is 14.2 Å². The Morgan fingerprint density at radius 2 is 2.00 bits per heavy atom. The molecule has 0 bridgehead atoms. The van der Waals surface area contributed by atoms with Gasteiger partial charge >= 0.3 is 0 Å². The number of halogens is 1. The second-order valence-corrected chi connectivity index (χ2v) is 7.33. The van der Waals surface area contributed by atoms with Crippen molar-refractivity contribution in [3.05, 3.63) is 57.0 Å². The van der Waals surface area contributed by atoms with E-state index in [4.69, 9.17) is 0 Å². The normalized spacial score (nSPS) is 11.3. The average molecular weight is 373 g/mol. The van der Waals surface area contributed by atoms with Gasteiger partial charge < -0.3 is 5.32 Å². The molecule has 0 saturated carbocycles. The van der Waals surface area contributed by atoms with Gasteiger partial charge in [0.05, 0.1) is 16.8 Å². The quantitative estimate of drug-likeness (QED) is 0.732. The molecule has 0 aliphatic heterocycles. The molecule has 1 aromatic carbocycles. The number of carbonyl (C=O) groups is 1. The van der Waals surface area contributed by atoms with Crippen LogP contribution in [0.1, 0.15) is 40.8 Å². The lowest BCUT2D eigenvalue weighted by Gasteiger charge is -2.13. The van der Waals surface area contributed by atoms with E-state index in [2.05, 4.69) is 10.3 Å². The number of nitrogens with one attached hydrogen (secondary N) is 1. The first kappa shape index (κ1) is 18.3. The number of carbonyl (C=O) groups excluding carboxylic acids is 1. The summed E-state index contributed by atoms with van der Waals surface area (Å²) in [7, 11) is 0. The van der Waals surface area contributed by atoms with Crippen LogP contribution in [-0.4, -0.2) is 22.1 Å².